The van der Waals surface area contributed by atoms with Crippen LogP contribution in [-0.4, -0.2) is 68.8 Å². The Kier molecular flexibility index (Phi) is 35.9. The molecule has 196 valence electrons. The maximum atomic E-state index is 10.7. The fraction of sp³-hybridized carbons (Fsp3) is 0.438. The number of ether oxygens (including phenoxy) is 2. The summed E-state index contributed by atoms with van der Waals surface area (Å²) in [7, 11) is -0.410. The summed E-state index contributed by atoms with van der Waals surface area (Å²) < 4.78 is 32.3. The van der Waals surface area contributed by atoms with Crippen LogP contribution in [0.15, 0.2) is 21.1 Å². The second-order valence-electron chi connectivity index (χ2n) is 5.05. The van der Waals surface area contributed by atoms with Crippen LogP contribution >= 0.6 is 70.3 Å². The van der Waals surface area contributed by atoms with Crippen LogP contribution in [0.25, 0.3) is 0 Å². The summed E-state index contributed by atoms with van der Waals surface area (Å²) in [6.45, 7) is -0.181. The van der Waals surface area contributed by atoms with Gasteiger partial charge in [-0.1, -0.05) is 57.6 Å². The molecule has 0 fully saturated rings. The molecule has 0 unspecified atom stereocenters. The molecule has 11 nitrogen and oxygen atoms in total. The van der Waals surface area contributed by atoms with Gasteiger partial charge in [-0.25, -0.2) is 18.4 Å². The Labute approximate surface area is 323 Å². The van der Waals surface area contributed by atoms with Crippen LogP contribution in [0, 0.1) is 0 Å². The van der Waals surface area contributed by atoms with E-state index >= 15 is 0 Å². The van der Waals surface area contributed by atoms with Crippen molar-refractivity contribution in [3.63, 3.8) is 0 Å². The number of aromatic nitrogens is 2. The van der Waals surface area contributed by atoms with Crippen LogP contribution in [0.2, 0.25) is 8.67 Å². The Balaban J connectivity index is -0.000000128. The van der Waals surface area contributed by atoms with Crippen molar-refractivity contribution in [3.8, 4) is 0 Å². The largest absolute Gasteiger partial charge is 1.00 e. The molecule has 0 bridgehead atoms. The van der Waals surface area contributed by atoms with Crippen molar-refractivity contribution in [2.45, 2.75) is 21.5 Å². The van der Waals surface area contributed by atoms with E-state index in [0.29, 0.717) is 33.0 Å². The zero-order valence-electron chi connectivity index (χ0n) is 21.0. The van der Waals surface area contributed by atoms with Crippen molar-refractivity contribution in [1.82, 2.24) is 9.97 Å². The van der Waals surface area contributed by atoms with Crippen molar-refractivity contribution in [1.29, 1.82) is 0 Å². The standard InChI is InChI=1S/C7H8ClNO2S2.C4H4ClNO2S2.C4H8O2S.CH2O3.2K.H/c1-11-6(10)2-3-12-7-9-4-5(8)13-7;1-10(7,8)4-6-2-3(5)9-4;1-6-4(5)2-3-7;2-1-4-3;;;/h4H,2-3H2,1H3;2H,1H3;7H,2-3H2,1H3;1,3H;;;/q;;;;2*+1;-1/p-1. The monoisotopic (exact) mass is 694 g/mol. The molecule has 2 rings (SSSR count). The number of esters is 2. The number of hydrogen-bond donors (Lipinski definition) is 1. The van der Waals surface area contributed by atoms with Gasteiger partial charge in [0, 0.05) is 17.8 Å². The topological polar surface area (TPSA) is 162 Å². The van der Waals surface area contributed by atoms with Crippen molar-refractivity contribution >= 4 is 98.5 Å². The normalized spacial score (nSPS) is 9.08. The van der Waals surface area contributed by atoms with Crippen molar-refractivity contribution < 1.29 is 147 Å². The number of rotatable bonds is 8. The van der Waals surface area contributed by atoms with Gasteiger partial charge in [0.05, 0.1) is 39.5 Å². The van der Waals surface area contributed by atoms with Gasteiger partial charge in [0.2, 0.25) is 14.2 Å². The first kappa shape index (κ1) is 45.1. The van der Waals surface area contributed by atoms with Crippen LogP contribution in [0.5, 0.6) is 0 Å². The number of halogens is 2. The number of methoxy groups -OCH3 is 2. The molecular weight excluding hydrogens is 674 g/mol. The molecule has 36 heavy (non-hydrogen) atoms. The van der Waals surface area contributed by atoms with Gasteiger partial charge in [0.1, 0.15) is 8.67 Å². The van der Waals surface area contributed by atoms with Crippen molar-refractivity contribution in [3.05, 3.63) is 21.1 Å². The minimum absolute atomic E-state index is 0. The first-order chi connectivity index (χ1) is 15.9. The summed E-state index contributed by atoms with van der Waals surface area (Å²) in [5.74, 6) is 0.841. The number of thiazole rings is 2. The molecule has 0 aliphatic heterocycles. The zero-order chi connectivity index (χ0) is 26.6. The summed E-state index contributed by atoms with van der Waals surface area (Å²) in [4.78, 5) is 39.7. The van der Waals surface area contributed by atoms with Gasteiger partial charge in [-0.3, -0.25) is 14.4 Å². The van der Waals surface area contributed by atoms with Crippen LogP contribution in [0.1, 0.15) is 14.3 Å². The average molecular weight is 696 g/mol. The minimum atomic E-state index is -3.16. The fourth-order valence-electron chi connectivity index (χ4n) is 1.23. The number of hydrogen-bond acceptors (Lipinski definition) is 15. The van der Waals surface area contributed by atoms with E-state index < -0.39 is 9.84 Å². The third kappa shape index (κ3) is 27.7. The molecule has 0 aliphatic carbocycles. The molecule has 0 aromatic carbocycles. The SMILES string of the molecule is COC(=O)CCS.COC(=O)CCSc1ncc(Cl)s1.CS(=O)(=O)c1ncc(Cl)s1.O=CO[O-].[H-].[K+].[K+]. The van der Waals surface area contributed by atoms with E-state index in [2.05, 4.69) is 37.0 Å². The Morgan fingerprint density at radius 3 is 1.86 bits per heavy atom. The van der Waals surface area contributed by atoms with E-state index in [0.717, 1.165) is 21.9 Å². The number of thiol groups is 1. The molecule has 0 radical (unpaired) electrons. The van der Waals surface area contributed by atoms with Gasteiger partial charge in [-0.05, 0) is 0 Å². The van der Waals surface area contributed by atoms with Gasteiger partial charge >= 0.3 is 115 Å². The molecule has 0 spiro atoms. The van der Waals surface area contributed by atoms with E-state index in [1.807, 2.05) is 0 Å². The van der Waals surface area contributed by atoms with Gasteiger partial charge in [0.15, 0.2) is 4.34 Å². The Hall–Kier alpha value is 2.13. The van der Waals surface area contributed by atoms with E-state index in [1.165, 1.54) is 43.5 Å². The summed E-state index contributed by atoms with van der Waals surface area (Å²) >= 11 is 18.8. The number of nitrogens with zero attached hydrogens (tertiary/aromatic N) is 2. The molecule has 0 saturated carbocycles. The second-order valence-corrected chi connectivity index (χ2v) is 12.4. The maximum absolute atomic E-state index is 10.7. The number of sulfone groups is 1. The predicted molar refractivity (Wildman–Crippen MR) is 133 cm³/mol. The minimum Gasteiger partial charge on any atom is -1.00 e. The van der Waals surface area contributed by atoms with Crippen LogP contribution in [0.3, 0.4) is 0 Å². The third-order valence-electron chi connectivity index (χ3n) is 2.57. The summed E-state index contributed by atoms with van der Waals surface area (Å²) in [5, 5.41) is 8.43. The number of carbonyl (C=O) groups is 3. The maximum Gasteiger partial charge on any atom is 1.00 e. The zero-order valence-corrected chi connectivity index (χ0v) is 31.9. The molecule has 2 aromatic heterocycles. The molecule has 0 saturated heterocycles. The molecular formula is C16H22Cl2K2N2O9S5. The molecule has 20 heteroatoms. The first-order valence-corrected chi connectivity index (χ1v) is 14.4. The van der Waals surface area contributed by atoms with Crippen LogP contribution < -0.4 is 108 Å². The molecule has 2 heterocycles. The molecule has 0 aliphatic rings. The van der Waals surface area contributed by atoms with Crippen LogP contribution in [-0.2, 0) is 38.6 Å². The number of thioether (sulfide) groups is 1. The summed E-state index contributed by atoms with van der Waals surface area (Å²) in [6.07, 6.45) is 4.83. The summed E-state index contributed by atoms with van der Waals surface area (Å²) in [5.41, 5.74) is 0. The van der Waals surface area contributed by atoms with E-state index in [-0.39, 0.29) is 127 Å². The molecule has 0 atom stereocenters. The smallest absolute Gasteiger partial charge is 1.00 e. The first-order valence-electron chi connectivity index (χ1n) is 8.47. The Morgan fingerprint density at radius 2 is 1.58 bits per heavy atom. The van der Waals surface area contributed by atoms with Gasteiger partial charge in [-0.2, -0.15) is 12.6 Å². The van der Waals surface area contributed by atoms with E-state index in [9.17, 15) is 18.0 Å². The molecule has 0 amide bonds. The van der Waals surface area contributed by atoms with Gasteiger partial charge in [-0.15, -0.1) is 0 Å². The Morgan fingerprint density at radius 1 is 1.11 bits per heavy atom. The van der Waals surface area contributed by atoms with E-state index in [1.54, 1.807) is 6.20 Å². The third-order valence-corrected chi connectivity index (χ3v) is 7.88. The van der Waals surface area contributed by atoms with Crippen LogP contribution in [0.4, 0.5) is 0 Å². The predicted octanol–water partition coefficient (Wildman–Crippen LogP) is -3.31. The quantitative estimate of drug-likeness (QED) is 0.0558. The van der Waals surface area contributed by atoms with Gasteiger partial charge in [0.25, 0.3) is 6.47 Å². The van der Waals surface area contributed by atoms with E-state index in [4.69, 9.17) is 33.3 Å². The average Bonchev–Trinajstić information content (AvgIpc) is 3.42. The molecule has 0 N–H and O–H groups in total. The van der Waals surface area contributed by atoms with Crippen molar-refractivity contribution in [2.24, 2.45) is 0 Å². The second kappa shape index (κ2) is 28.7. The van der Waals surface area contributed by atoms with Crippen molar-refractivity contribution in [2.75, 3.05) is 32.0 Å². The summed E-state index contributed by atoms with van der Waals surface area (Å²) in [6, 6.07) is 0. The Bertz CT molecular complexity index is 972. The number of carbonyl (C=O) groups excluding carboxylic acids is 3. The fourth-order valence-corrected chi connectivity index (χ4v) is 5.43. The molecule has 2 aromatic rings. The van der Waals surface area contributed by atoms with Gasteiger partial charge < -0.3 is 21.0 Å².